The third kappa shape index (κ3) is 0.568. The summed E-state index contributed by atoms with van der Waals surface area (Å²) in [6.07, 6.45) is 0. The average molecular weight is 183 g/mol. The molecule has 1 heteroatoms. The van der Waals surface area contributed by atoms with Crippen LogP contribution in [0.2, 0.25) is 0 Å². The number of piperidine rings is 2. The van der Waals surface area contributed by atoms with Gasteiger partial charge in [-0.15, -0.1) is 0 Å². The van der Waals surface area contributed by atoms with E-state index in [-0.39, 0.29) is 0 Å². The molecular weight excluding hydrogens is 170 g/mol. The van der Waals surface area contributed by atoms with Crippen molar-refractivity contribution < 1.29 is 0 Å². The predicted molar refractivity (Wildman–Crippen MR) is 53.5 cm³/mol. The molecular formula is C13H13N. The van der Waals surface area contributed by atoms with Gasteiger partial charge in [-0.3, -0.25) is 4.90 Å². The maximum absolute atomic E-state index is 2.73. The Labute approximate surface area is 83.7 Å². The molecule has 1 aliphatic heterocycles. The second-order valence-corrected chi connectivity index (χ2v) is 5.45. The summed E-state index contributed by atoms with van der Waals surface area (Å²) in [6, 6.07) is 13.0. The van der Waals surface area contributed by atoms with Gasteiger partial charge >= 0.3 is 0 Å². The summed E-state index contributed by atoms with van der Waals surface area (Å²) in [7, 11) is 0. The van der Waals surface area contributed by atoms with Crippen LogP contribution in [0.5, 0.6) is 0 Å². The van der Waals surface area contributed by atoms with E-state index in [4.69, 9.17) is 0 Å². The molecule has 1 heterocycles. The number of likely N-dealkylation sites (tertiary alicyclic amines) is 1. The summed E-state index contributed by atoms with van der Waals surface area (Å²) < 4.78 is 0. The molecule has 3 unspecified atom stereocenters. The highest BCUT2D eigenvalue weighted by Crippen LogP contribution is 2.88. The first-order valence-electron chi connectivity index (χ1n) is 5.76. The maximum Gasteiger partial charge on any atom is 0.0295 e. The molecule has 0 spiro atoms. The molecule has 1 saturated heterocycles. The summed E-state index contributed by atoms with van der Waals surface area (Å²) in [4.78, 5) is 2.73. The molecule has 2 bridgehead atoms. The number of hydrogen-bond acceptors (Lipinski definition) is 1. The van der Waals surface area contributed by atoms with E-state index >= 15 is 0 Å². The van der Waals surface area contributed by atoms with Crippen LogP contribution in [0.15, 0.2) is 30.3 Å². The Balaban J connectivity index is 1.38. The molecule has 4 saturated carbocycles. The summed E-state index contributed by atoms with van der Waals surface area (Å²) in [6.45, 7) is 1.21. The van der Waals surface area contributed by atoms with E-state index in [9.17, 15) is 0 Å². The van der Waals surface area contributed by atoms with Crippen molar-refractivity contribution in [2.24, 2.45) is 23.7 Å². The molecule has 1 nitrogen and oxygen atoms in total. The second-order valence-electron chi connectivity index (χ2n) is 5.45. The van der Waals surface area contributed by atoms with Gasteiger partial charge in [0.05, 0.1) is 0 Å². The van der Waals surface area contributed by atoms with Crippen LogP contribution < -0.4 is 0 Å². The number of nitrogens with zero attached hydrogens (tertiary/aromatic N) is 1. The molecule has 5 fully saturated rings. The van der Waals surface area contributed by atoms with Crippen molar-refractivity contribution in [2.75, 3.05) is 0 Å². The highest BCUT2D eigenvalue weighted by atomic mass is 15.4. The van der Waals surface area contributed by atoms with Gasteiger partial charge in [0.25, 0.3) is 0 Å². The van der Waals surface area contributed by atoms with Gasteiger partial charge in [0.1, 0.15) is 0 Å². The molecule has 5 atom stereocenters. The lowest BCUT2D eigenvalue weighted by molar-refractivity contribution is 0.341. The van der Waals surface area contributed by atoms with Crippen LogP contribution in [0, 0.1) is 23.7 Å². The summed E-state index contributed by atoms with van der Waals surface area (Å²) in [5, 5.41) is 0. The van der Waals surface area contributed by atoms with Crippen LogP contribution in [-0.2, 0) is 6.54 Å². The van der Waals surface area contributed by atoms with E-state index in [1.807, 2.05) is 0 Å². The Morgan fingerprint density at radius 1 is 0.857 bits per heavy atom. The van der Waals surface area contributed by atoms with Crippen LogP contribution in [0.1, 0.15) is 5.56 Å². The van der Waals surface area contributed by atoms with Crippen LogP contribution in [0.4, 0.5) is 0 Å². The predicted octanol–water partition coefficient (Wildman–Crippen LogP) is 1.74. The quantitative estimate of drug-likeness (QED) is 0.631. The molecule has 1 aromatic carbocycles. The highest BCUT2D eigenvalue weighted by Gasteiger charge is 2.91. The molecule has 14 heavy (non-hydrogen) atoms. The topological polar surface area (TPSA) is 3.01 Å². The molecule has 5 aliphatic rings. The van der Waals surface area contributed by atoms with E-state index in [2.05, 4.69) is 35.2 Å². The molecule has 4 aliphatic carbocycles. The molecule has 0 aromatic heterocycles. The van der Waals surface area contributed by atoms with Crippen LogP contribution in [0.3, 0.4) is 0 Å². The fourth-order valence-electron chi connectivity index (χ4n) is 4.27. The van der Waals surface area contributed by atoms with Gasteiger partial charge in [-0.25, -0.2) is 0 Å². The largest absolute Gasteiger partial charge is 0.289 e. The number of benzene rings is 1. The normalized spacial score (nSPS) is 59.0. The Bertz CT molecular complexity index is 385. The Morgan fingerprint density at radius 2 is 1.50 bits per heavy atom. The van der Waals surface area contributed by atoms with Crippen LogP contribution >= 0.6 is 0 Å². The maximum atomic E-state index is 2.73. The molecule has 6 rings (SSSR count). The molecule has 0 N–H and O–H groups in total. The minimum atomic E-state index is 1.02. The lowest BCUT2D eigenvalue weighted by Crippen LogP contribution is -2.14. The zero-order valence-electron chi connectivity index (χ0n) is 8.01. The fourth-order valence-corrected chi connectivity index (χ4v) is 4.27. The standard InChI is InChI=1S/C13H13N/c1-2-4-7(5-3-1)6-14-12-10-8-9(10)11(8)13(12)14/h1-5,8-13H,6H2/t8?,9?,10?,11?,12-,13+,14?. The lowest BCUT2D eigenvalue weighted by Gasteiger charge is -2.11. The zero-order valence-corrected chi connectivity index (χ0v) is 8.01. The monoisotopic (exact) mass is 183 g/mol. The van der Waals surface area contributed by atoms with Crippen molar-refractivity contribution in [3.63, 3.8) is 0 Å². The van der Waals surface area contributed by atoms with Crippen molar-refractivity contribution in [3.05, 3.63) is 35.9 Å². The van der Waals surface area contributed by atoms with Crippen molar-refractivity contribution >= 4 is 0 Å². The van der Waals surface area contributed by atoms with Gasteiger partial charge in [0.2, 0.25) is 0 Å². The SMILES string of the molecule is c1ccc(CN2[C@@H]3C4C5C4C5[C@@H]32)cc1. The van der Waals surface area contributed by atoms with E-state index in [1.54, 1.807) is 0 Å². The van der Waals surface area contributed by atoms with Crippen molar-refractivity contribution in [1.29, 1.82) is 0 Å². The van der Waals surface area contributed by atoms with E-state index < -0.39 is 0 Å². The number of rotatable bonds is 2. The van der Waals surface area contributed by atoms with Gasteiger partial charge < -0.3 is 0 Å². The van der Waals surface area contributed by atoms with Gasteiger partial charge in [-0.2, -0.15) is 0 Å². The third-order valence-electron chi connectivity index (χ3n) is 4.96. The smallest absolute Gasteiger partial charge is 0.0295 e. The average Bonchev–Trinajstić information content (AvgIpc) is 3.14. The van der Waals surface area contributed by atoms with E-state index in [0.29, 0.717) is 0 Å². The first-order chi connectivity index (χ1) is 6.97. The third-order valence-corrected chi connectivity index (χ3v) is 4.96. The summed E-state index contributed by atoms with van der Waals surface area (Å²) in [5.41, 5.74) is 1.50. The Hall–Kier alpha value is -0.820. The van der Waals surface area contributed by atoms with E-state index in [1.165, 1.54) is 23.9 Å². The van der Waals surface area contributed by atoms with Gasteiger partial charge in [-0.1, -0.05) is 30.3 Å². The molecule has 70 valence electrons. The summed E-state index contributed by atoms with van der Waals surface area (Å²) >= 11 is 0. The first-order valence-corrected chi connectivity index (χ1v) is 5.76. The Kier molecular flexibility index (Phi) is 0.846. The fraction of sp³-hybridized carbons (Fsp3) is 0.538. The first kappa shape index (κ1) is 6.62. The molecule has 1 aromatic rings. The lowest BCUT2D eigenvalue weighted by atomic mass is 10.1. The van der Waals surface area contributed by atoms with Crippen molar-refractivity contribution in [2.45, 2.75) is 18.6 Å². The van der Waals surface area contributed by atoms with Crippen LogP contribution in [-0.4, -0.2) is 17.0 Å². The minimum Gasteiger partial charge on any atom is -0.289 e. The minimum absolute atomic E-state index is 1.02. The van der Waals surface area contributed by atoms with Crippen molar-refractivity contribution in [1.82, 2.24) is 4.90 Å². The number of hydrogen-bond donors (Lipinski definition) is 0. The van der Waals surface area contributed by atoms with Crippen LogP contribution in [0.25, 0.3) is 0 Å². The summed E-state index contributed by atoms with van der Waals surface area (Å²) in [5.74, 6) is 4.76. The Morgan fingerprint density at radius 3 is 2.14 bits per heavy atom. The molecule has 0 amide bonds. The zero-order chi connectivity index (χ0) is 8.86. The van der Waals surface area contributed by atoms with E-state index in [0.717, 1.165) is 23.9 Å². The van der Waals surface area contributed by atoms with Crippen molar-refractivity contribution in [3.8, 4) is 0 Å². The van der Waals surface area contributed by atoms with Gasteiger partial charge in [0, 0.05) is 18.6 Å². The highest BCUT2D eigenvalue weighted by molar-refractivity contribution is 5.42. The van der Waals surface area contributed by atoms with Gasteiger partial charge in [-0.05, 0) is 29.2 Å². The second kappa shape index (κ2) is 1.79. The molecule has 0 radical (unpaired) electrons. The van der Waals surface area contributed by atoms with Gasteiger partial charge in [0.15, 0.2) is 0 Å².